The molecule has 5 heteroatoms. The van der Waals surface area contributed by atoms with Gasteiger partial charge in [-0.1, -0.05) is 44.0 Å². The fraction of sp³-hybridized carbons (Fsp3) is 0.200. The Labute approximate surface area is 135 Å². The Balaban J connectivity index is 2.46. The summed E-state index contributed by atoms with van der Waals surface area (Å²) in [4.78, 5) is 0. The third-order valence-electron chi connectivity index (χ3n) is 3.05. The summed E-state index contributed by atoms with van der Waals surface area (Å²) in [6.07, 6.45) is 0. The minimum absolute atomic E-state index is 0.248. The average molecular weight is 401 g/mol. The topological polar surface area (TPSA) is 44.5 Å². The third kappa shape index (κ3) is 3.16. The van der Waals surface area contributed by atoms with Gasteiger partial charge in [-0.05, 0) is 35.4 Å². The Morgan fingerprint density at radius 2 is 1.65 bits per heavy atom. The largest absolute Gasteiger partial charge is 0.493 e. The van der Waals surface area contributed by atoms with Crippen molar-refractivity contribution >= 4 is 31.9 Å². The molecular weight excluding hydrogens is 386 g/mol. The highest BCUT2D eigenvalue weighted by atomic mass is 79.9. The van der Waals surface area contributed by atoms with E-state index in [0.717, 1.165) is 20.1 Å². The summed E-state index contributed by atoms with van der Waals surface area (Å²) in [5.41, 5.74) is 8.32. The Kier molecular flexibility index (Phi) is 5.07. The molecule has 106 valence electrons. The highest BCUT2D eigenvalue weighted by Gasteiger charge is 2.16. The van der Waals surface area contributed by atoms with Gasteiger partial charge in [-0.2, -0.15) is 0 Å². The lowest BCUT2D eigenvalue weighted by atomic mass is 9.99. The molecule has 1 atom stereocenters. The van der Waals surface area contributed by atoms with Gasteiger partial charge in [0.2, 0.25) is 0 Å². The van der Waals surface area contributed by atoms with Crippen molar-refractivity contribution in [1.29, 1.82) is 0 Å². The van der Waals surface area contributed by atoms with Gasteiger partial charge in [0, 0.05) is 8.95 Å². The highest BCUT2D eigenvalue weighted by molar-refractivity contribution is 9.10. The first-order valence-corrected chi connectivity index (χ1v) is 7.58. The van der Waals surface area contributed by atoms with E-state index in [2.05, 4.69) is 31.9 Å². The van der Waals surface area contributed by atoms with E-state index < -0.39 is 0 Å². The number of hydrogen-bond acceptors (Lipinski definition) is 3. The molecule has 2 N–H and O–H groups in total. The SMILES string of the molecule is COc1cc(Br)c(C(N)c2cccc(Br)c2)cc1OC. The average Bonchev–Trinajstić information content (AvgIpc) is 2.46. The van der Waals surface area contributed by atoms with Crippen molar-refractivity contribution in [3.63, 3.8) is 0 Å². The van der Waals surface area contributed by atoms with Crippen LogP contribution in [0.15, 0.2) is 45.3 Å². The number of nitrogens with two attached hydrogens (primary N) is 1. The summed E-state index contributed by atoms with van der Waals surface area (Å²) in [6, 6.07) is 11.5. The van der Waals surface area contributed by atoms with Gasteiger partial charge in [0.05, 0.1) is 20.3 Å². The third-order valence-corrected chi connectivity index (χ3v) is 4.23. The molecule has 0 heterocycles. The molecule has 0 spiro atoms. The molecule has 0 aliphatic rings. The molecule has 0 fully saturated rings. The van der Waals surface area contributed by atoms with Crippen molar-refractivity contribution in [3.8, 4) is 11.5 Å². The molecule has 2 aromatic carbocycles. The summed E-state index contributed by atoms with van der Waals surface area (Å²) in [5.74, 6) is 1.33. The predicted octanol–water partition coefficient (Wildman–Crippen LogP) is 4.28. The normalized spacial score (nSPS) is 12.1. The van der Waals surface area contributed by atoms with Crippen LogP contribution in [0.25, 0.3) is 0 Å². The maximum absolute atomic E-state index is 6.35. The van der Waals surface area contributed by atoms with Crippen molar-refractivity contribution in [1.82, 2.24) is 0 Å². The zero-order chi connectivity index (χ0) is 14.7. The van der Waals surface area contributed by atoms with E-state index in [0.29, 0.717) is 11.5 Å². The van der Waals surface area contributed by atoms with Crippen LogP contribution in [0.1, 0.15) is 17.2 Å². The zero-order valence-electron chi connectivity index (χ0n) is 11.2. The van der Waals surface area contributed by atoms with Crippen LogP contribution in [-0.2, 0) is 0 Å². The van der Waals surface area contributed by atoms with Crippen LogP contribution in [-0.4, -0.2) is 14.2 Å². The molecule has 3 nitrogen and oxygen atoms in total. The number of hydrogen-bond donors (Lipinski definition) is 1. The molecule has 0 saturated heterocycles. The number of halogens is 2. The maximum Gasteiger partial charge on any atom is 0.161 e. The number of rotatable bonds is 4. The summed E-state index contributed by atoms with van der Waals surface area (Å²) >= 11 is 7.00. The first-order valence-electron chi connectivity index (χ1n) is 5.99. The van der Waals surface area contributed by atoms with Gasteiger partial charge < -0.3 is 15.2 Å². The number of ether oxygens (including phenoxy) is 2. The molecule has 2 aromatic rings. The molecule has 0 saturated carbocycles. The molecule has 0 bridgehead atoms. The van der Waals surface area contributed by atoms with E-state index in [1.54, 1.807) is 14.2 Å². The second-order valence-corrected chi connectivity index (χ2v) is 6.03. The number of benzene rings is 2. The van der Waals surface area contributed by atoms with E-state index in [1.165, 1.54) is 0 Å². The molecule has 0 aromatic heterocycles. The van der Waals surface area contributed by atoms with E-state index in [1.807, 2.05) is 36.4 Å². The van der Waals surface area contributed by atoms with Crippen molar-refractivity contribution in [2.24, 2.45) is 5.73 Å². The minimum Gasteiger partial charge on any atom is -0.493 e. The highest BCUT2D eigenvalue weighted by Crippen LogP contribution is 2.37. The summed E-state index contributed by atoms with van der Waals surface area (Å²) in [5, 5.41) is 0. The summed E-state index contributed by atoms with van der Waals surface area (Å²) < 4.78 is 12.5. The van der Waals surface area contributed by atoms with Crippen LogP contribution in [0.2, 0.25) is 0 Å². The van der Waals surface area contributed by atoms with Gasteiger partial charge >= 0.3 is 0 Å². The first kappa shape index (κ1) is 15.4. The molecule has 1 unspecified atom stereocenters. The molecule has 0 radical (unpaired) electrons. The first-order chi connectivity index (χ1) is 9.56. The van der Waals surface area contributed by atoms with Crippen molar-refractivity contribution in [3.05, 3.63) is 56.5 Å². The Morgan fingerprint density at radius 3 is 2.25 bits per heavy atom. The van der Waals surface area contributed by atoms with E-state index >= 15 is 0 Å². The van der Waals surface area contributed by atoms with E-state index in [4.69, 9.17) is 15.2 Å². The molecule has 20 heavy (non-hydrogen) atoms. The van der Waals surface area contributed by atoms with Crippen LogP contribution in [0.5, 0.6) is 11.5 Å². The fourth-order valence-corrected chi connectivity index (χ4v) is 2.97. The Bertz CT molecular complexity index is 617. The van der Waals surface area contributed by atoms with Crippen LogP contribution < -0.4 is 15.2 Å². The van der Waals surface area contributed by atoms with Crippen molar-refractivity contribution < 1.29 is 9.47 Å². The smallest absolute Gasteiger partial charge is 0.161 e. The van der Waals surface area contributed by atoms with Crippen LogP contribution >= 0.6 is 31.9 Å². The fourth-order valence-electron chi connectivity index (χ4n) is 1.99. The van der Waals surface area contributed by atoms with Gasteiger partial charge in [-0.15, -0.1) is 0 Å². The molecule has 0 aliphatic carbocycles. The number of methoxy groups -OCH3 is 2. The zero-order valence-corrected chi connectivity index (χ0v) is 14.4. The lowest BCUT2D eigenvalue weighted by molar-refractivity contribution is 0.354. The monoisotopic (exact) mass is 399 g/mol. The van der Waals surface area contributed by atoms with Crippen molar-refractivity contribution in [2.75, 3.05) is 14.2 Å². The van der Waals surface area contributed by atoms with Crippen LogP contribution in [0.4, 0.5) is 0 Å². The van der Waals surface area contributed by atoms with Crippen LogP contribution in [0, 0.1) is 0 Å². The minimum atomic E-state index is -0.248. The molecule has 2 rings (SSSR count). The van der Waals surface area contributed by atoms with E-state index in [9.17, 15) is 0 Å². The van der Waals surface area contributed by atoms with Gasteiger partial charge in [-0.3, -0.25) is 0 Å². The quantitative estimate of drug-likeness (QED) is 0.832. The predicted molar refractivity (Wildman–Crippen MR) is 87.4 cm³/mol. The van der Waals surface area contributed by atoms with Gasteiger partial charge in [0.1, 0.15) is 0 Å². The van der Waals surface area contributed by atoms with Crippen molar-refractivity contribution in [2.45, 2.75) is 6.04 Å². The lowest BCUT2D eigenvalue weighted by Crippen LogP contribution is -2.13. The molecule has 0 amide bonds. The van der Waals surface area contributed by atoms with Crippen LogP contribution in [0.3, 0.4) is 0 Å². The second kappa shape index (κ2) is 6.61. The lowest BCUT2D eigenvalue weighted by Gasteiger charge is -2.17. The Hall–Kier alpha value is -1.04. The summed E-state index contributed by atoms with van der Waals surface area (Å²) in [6.45, 7) is 0. The maximum atomic E-state index is 6.35. The summed E-state index contributed by atoms with van der Waals surface area (Å²) in [7, 11) is 3.22. The Morgan fingerprint density at radius 1 is 1.00 bits per heavy atom. The van der Waals surface area contributed by atoms with Gasteiger partial charge in [-0.25, -0.2) is 0 Å². The van der Waals surface area contributed by atoms with E-state index in [-0.39, 0.29) is 6.04 Å². The van der Waals surface area contributed by atoms with Gasteiger partial charge in [0.25, 0.3) is 0 Å². The molecule has 0 aliphatic heterocycles. The second-order valence-electron chi connectivity index (χ2n) is 4.26. The molecular formula is C15H15Br2NO2. The standard InChI is InChI=1S/C15H15Br2NO2/c1-19-13-7-11(12(17)8-14(13)20-2)15(18)9-4-3-5-10(16)6-9/h3-8,15H,18H2,1-2H3. The van der Waals surface area contributed by atoms with Gasteiger partial charge in [0.15, 0.2) is 11.5 Å².